The summed E-state index contributed by atoms with van der Waals surface area (Å²) >= 11 is 0. The Morgan fingerprint density at radius 1 is 1.39 bits per heavy atom. The van der Waals surface area contributed by atoms with Gasteiger partial charge in [0.05, 0.1) is 5.69 Å². The third-order valence-corrected chi connectivity index (χ3v) is 3.89. The molecule has 4 rings (SSSR count). The fourth-order valence-corrected chi connectivity index (χ4v) is 2.72. The molecule has 1 aromatic heterocycles. The van der Waals surface area contributed by atoms with Gasteiger partial charge in [-0.25, -0.2) is 4.98 Å². The zero-order valence-corrected chi connectivity index (χ0v) is 10.1. The molecule has 3 heterocycles. The average molecular weight is 244 g/mol. The van der Waals surface area contributed by atoms with Crippen LogP contribution < -0.4 is 15.5 Å². The molecular formula is C13H16N4O. The van der Waals surface area contributed by atoms with Gasteiger partial charge in [-0.2, -0.15) is 0 Å². The molecule has 2 bridgehead atoms. The van der Waals surface area contributed by atoms with Gasteiger partial charge >= 0.3 is 0 Å². The van der Waals surface area contributed by atoms with Crippen LogP contribution in [-0.2, 0) is 0 Å². The van der Waals surface area contributed by atoms with Crippen molar-refractivity contribution < 1.29 is 4.79 Å². The lowest BCUT2D eigenvalue weighted by atomic mass is 10.2. The third-order valence-electron chi connectivity index (χ3n) is 3.89. The van der Waals surface area contributed by atoms with Crippen LogP contribution in [0, 0.1) is 0 Å². The maximum atomic E-state index is 11.9. The van der Waals surface area contributed by atoms with Crippen molar-refractivity contribution in [2.24, 2.45) is 0 Å². The Hall–Kier alpha value is -1.78. The van der Waals surface area contributed by atoms with Gasteiger partial charge in [0.15, 0.2) is 5.82 Å². The lowest BCUT2D eigenvalue weighted by Crippen LogP contribution is -2.33. The number of carbonyl (C=O) groups excluding carboxylic acids is 1. The van der Waals surface area contributed by atoms with Gasteiger partial charge in [0.2, 0.25) is 0 Å². The number of anilines is 2. The molecule has 1 saturated heterocycles. The largest absolute Gasteiger partial charge is 0.366 e. The highest BCUT2D eigenvalue weighted by Gasteiger charge is 2.31. The zero-order valence-electron chi connectivity index (χ0n) is 10.1. The van der Waals surface area contributed by atoms with Crippen molar-refractivity contribution >= 4 is 17.4 Å². The maximum absolute atomic E-state index is 11.9. The second-order valence-corrected chi connectivity index (χ2v) is 5.39. The highest BCUT2D eigenvalue weighted by Crippen LogP contribution is 2.34. The SMILES string of the molecule is O=C(NC1CC1)c1ccc2c(n1)NC1CCN2C1. The van der Waals surface area contributed by atoms with Crippen LogP contribution in [0.15, 0.2) is 12.1 Å². The van der Waals surface area contributed by atoms with Crippen LogP contribution in [0.4, 0.5) is 11.5 Å². The Morgan fingerprint density at radius 3 is 3.11 bits per heavy atom. The molecule has 1 unspecified atom stereocenters. The van der Waals surface area contributed by atoms with Crippen LogP contribution >= 0.6 is 0 Å². The standard InChI is InChI=1S/C13H16N4O/c18-13(15-8-1-2-8)10-3-4-11-12(16-10)14-9-5-6-17(11)7-9/h3-4,8-9H,1-2,5-7H2,(H,14,16)(H,15,18). The molecule has 1 aliphatic carbocycles. The molecule has 1 amide bonds. The van der Waals surface area contributed by atoms with E-state index in [9.17, 15) is 4.79 Å². The Labute approximate surface area is 106 Å². The minimum Gasteiger partial charge on any atom is -0.366 e. The Kier molecular flexibility index (Phi) is 2.04. The molecule has 2 N–H and O–H groups in total. The molecule has 2 aliphatic heterocycles. The first-order chi connectivity index (χ1) is 8.79. The molecule has 0 spiro atoms. The fraction of sp³-hybridized carbons (Fsp3) is 0.538. The van der Waals surface area contributed by atoms with Gasteiger partial charge < -0.3 is 15.5 Å². The molecule has 94 valence electrons. The van der Waals surface area contributed by atoms with E-state index in [1.54, 1.807) is 0 Å². The minimum absolute atomic E-state index is 0.0463. The first-order valence-corrected chi connectivity index (χ1v) is 6.63. The van der Waals surface area contributed by atoms with E-state index in [1.807, 2.05) is 12.1 Å². The first kappa shape index (κ1) is 10.2. The molecule has 2 fully saturated rings. The quantitative estimate of drug-likeness (QED) is 0.814. The number of nitrogens with zero attached hydrogens (tertiary/aromatic N) is 2. The maximum Gasteiger partial charge on any atom is 0.270 e. The number of rotatable bonds is 2. The molecule has 1 saturated carbocycles. The van der Waals surface area contributed by atoms with Crippen molar-refractivity contribution in [1.82, 2.24) is 10.3 Å². The van der Waals surface area contributed by atoms with E-state index in [0.29, 0.717) is 17.8 Å². The second-order valence-electron chi connectivity index (χ2n) is 5.39. The van der Waals surface area contributed by atoms with Crippen molar-refractivity contribution in [3.8, 4) is 0 Å². The van der Waals surface area contributed by atoms with Crippen molar-refractivity contribution in [3.63, 3.8) is 0 Å². The van der Waals surface area contributed by atoms with E-state index in [1.165, 1.54) is 0 Å². The van der Waals surface area contributed by atoms with Crippen molar-refractivity contribution in [1.29, 1.82) is 0 Å². The molecule has 5 heteroatoms. The lowest BCUT2D eigenvalue weighted by Gasteiger charge is -2.27. The summed E-state index contributed by atoms with van der Waals surface area (Å²) in [7, 11) is 0. The first-order valence-electron chi connectivity index (χ1n) is 6.63. The molecule has 3 aliphatic rings. The molecule has 0 radical (unpaired) electrons. The predicted octanol–water partition coefficient (Wildman–Crippen LogP) is 0.978. The summed E-state index contributed by atoms with van der Waals surface area (Å²) in [4.78, 5) is 18.8. The van der Waals surface area contributed by atoms with Crippen molar-refractivity contribution in [2.45, 2.75) is 31.3 Å². The molecule has 0 aromatic carbocycles. The van der Waals surface area contributed by atoms with Crippen LogP contribution in [-0.4, -0.2) is 36.1 Å². The van der Waals surface area contributed by atoms with Gasteiger partial charge in [0, 0.05) is 25.2 Å². The summed E-state index contributed by atoms with van der Waals surface area (Å²) in [5.41, 5.74) is 1.65. The van der Waals surface area contributed by atoms with E-state index >= 15 is 0 Å². The predicted molar refractivity (Wildman–Crippen MR) is 69.0 cm³/mol. The topological polar surface area (TPSA) is 57.3 Å². The van der Waals surface area contributed by atoms with E-state index in [2.05, 4.69) is 20.5 Å². The number of hydrogen-bond donors (Lipinski definition) is 2. The monoisotopic (exact) mass is 244 g/mol. The van der Waals surface area contributed by atoms with Crippen LogP contribution in [0.25, 0.3) is 0 Å². The van der Waals surface area contributed by atoms with E-state index < -0.39 is 0 Å². The van der Waals surface area contributed by atoms with Gasteiger partial charge in [-0.15, -0.1) is 0 Å². The van der Waals surface area contributed by atoms with Crippen LogP contribution in [0.2, 0.25) is 0 Å². The summed E-state index contributed by atoms with van der Waals surface area (Å²) in [5, 5.41) is 6.39. The number of aromatic nitrogens is 1. The number of amides is 1. The van der Waals surface area contributed by atoms with Gasteiger partial charge in [-0.1, -0.05) is 0 Å². The van der Waals surface area contributed by atoms with Gasteiger partial charge in [-0.05, 0) is 31.4 Å². The molecule has 5 nitrogen and oxygen atoms in total. The number of pyridine rings is 1. The van der Waals surface area contributed by atoms with E-state index in [0.717, 1.165) is 43.9 Å². The third kappa shape index (κ3) is 1.62. The number of fused-ring (bicyclic) bond motifs is 4. The molecule has 1 atom stereocenters. The second kappa shape index (κ2) is 3.60. The molecule has 18 heavy (non-hydrogen) atoms. The molecular weight excluding hydrogens is 228 g/mol. The lowest BCUT2D eigenvalue weighted by molar-refractivity contribution is 0.0946. The highest BCUT2D eigenvalue weighted by atomic mass is 16.2. The normalized spacial score (nSPS) is 24.4. The van der Waals surface area contributed by atoms with Crippen molar-refractivity contribution in [2.75, 3.05) is 23.3 Å². The average Bonchev–Trinajstić information content (AvgIpc) is 3.11. The minimum atomic E-state index is -0.0463. The Morgan fingerprint density at radius 2 is 2.28 bits per heavy atom. The highest BCUT2D eigenvalue weighted by molar-refractivity contribution is 5.94. The summed E-state index contributed by atoms with van der Waals surface area (Å²) in [6.07, 6.45) is 3.36. The van der Waals surface area contributed by atoms with Gasteiger partial charge in [0.25, 0.3) is 5.91 Å². The van der Waals surface area contributed by atoms with E-state index in [4.69, 9.17) is 0 Å². The zero-order chi connectivity index (χ0) is 12.1. The number of carbonyl (C=O) groups is 1. The van der Waals surface area contributed by atoms with Gasteiger partial charge in [-0.3, -0.25) is 4.79 Å². The van der Waals surface area contributed by atoms with Crippen LogP contribution in [0.1, 0.15) is 29.8 Å². The Bertz CT molecular complexity index is 512. The van der Waals surface area contributed by atoms with Gasteiger partial charge in [0.1, 0.15) is 5.69 Å². The van der Waals surface area contributed by atoms with Crippen LogP contribution in [0.5, 0.6) is 0 Å². The summed E-state index contributed by atoms with van der Waals surface area (Å²) in [6, 6.07) is 4.71. The summed E-state index contributed by atoms with van der Waals surface area (Å²) in [6.45, 7) is 2.14. The summed E-state index contributed by atoms with van der Waals surface area (Å²) < 4.78 is 0. The van der Waals surface area contributed by atoms with Crippen molar-refractivity contribution in [3.05, 3.63) is 17.8 Å². The summed E-state index contributed by atoms with van der Waals surface area (Å²) in [5.74, 6) is 0.821. The Balaban J connectivity index is 1.63. The fourth-order valence-electron chi connectivity index (χ4n) is 2.72. The molecule has 1 aromatic rings. The van der Waals surface area contributed by atoms with Crippen LogP contribution in [0.3, 0.4) is 0 Å². The number of nitrogens with one attached hydrogen (secondary N) is 2. The van der Waals surface area contributed by atoms with E-state index in [-0.39, 0.29) is 5.91 Å². The number of hydrogen-bond acceptors (Lipinski definition) is 4. The smallest absolute Gasteiger partial charge is 0.270 e.